The molecule has 0 heterocycles. The molecule has 0 unspecified atom stereocenters. The second kappa shape index (κ2) is 6.72. The minimum Gasteiger partial charge on any atom is -0.480 e. The van der Waals surface area contributed by atoms with E-state index in [9.17, 15) is 9.59 Å². The van der Waals surface area contributed by atoms with Crippen molar-refractivity contribution in [3.8, 4) is 0 Å². The fourth-order valence-electron chi connectivity index (χ4n) is 1.44. The normalized spacial score (nSPS) is 12.2. The van der Waals surface area contributed by atoms with E-state index in [4.69, 9.17) is 5.11 Å². The monoisotopic (exact) mass is 361 g/mol. The lowest BCUT2D eigenvalue weighted by molar-refractivity contribution is -0.142. The van der Waals surface area contributed by atoms with Gasteiger partial charge in [0.15, 0.2) is 0 Å². The van der Waals surface area contributed by atoms with Crippen LogP contribution < -0.4 is 5.32 Å². The summed E-state index contributed by atoms with van der Waals surface area (Å²) in [6.45, 7) is 3.47. The average molecular weight is 361 g/mol. The zero-order valence-electron chi connectivity index (χ0n) is 10.3. The predicted octanol–water partition coefficient (Wildman–Crippen LogP) is 2.06. The van der Waals surface area contributed by atoms with Crippen LogP contribution in [-0.4, -0.2) is 23.0 Å². The van der Waals surface area contributed by atoms with E-state index >= 15 is 0 Å². The van der Waals surface area contributed by atoms with Crippen LogP contribution in [0.15, 0.2) is 24.3 Å². The number of hydrogen-bond acceptors (Lipinski definition) is 2. The first-order valence-electron chi connectivity index (χ1n) is 5.67. The first-order chi connectivity index (χ1) is 8.40. The molecule has 18 heavy (non-hydrogen) atoms. The minimum atomic E-state index is -1.01. The van der Waals surface area contributed by atoms with Crippen LogP contribution in [0, 0.1) is 9.49 Å². The van der Waals surface area contributed by atoms with E-state index in [-0.39, 0.29) is 11.8 Å². The largest absolute Gasteiger partial charge is 0.480 e. The van der Waals surface area contributed by atoms with Crippen molar-refractivity contribution in [1.29, 1.82) is 0 Å². The summed E-state index contributed by atoms with van der Waals surface area (Å²) >= 11 is 2.17. The van der Waals surface area contributed by atoms with Gasteiger partial charge in [0.25, 0.3) is 0 Å². The Hall–Kier alpha value is -1.11. The molecule has 0 aliphatic rings. The topological polar surface area (TPSA) is 66.4 Å². The quantitative estimate of drug-likeness (QED) is 0.789. The number of carboxylic acids is 1. The van der Waals surface area contributed by atoms with Gasteiger partial charge in [-0.2, -0.15) is 0 Å². The maximum absolute atomic E-state index is 11.5. The number of benzene rings is 1. The van der Waals surface area contributed by atoms with Crippen LogP contribution in [0.2, 0.25) is 0 Å². The second-order valence-corrected chi connectivity index (χ2v) is 5.63. The molecule has 5 heteroatoms. The lowest BCUT2D eigenvalue weighted by Gasteiger charge is -2.16. The summed E-state index contributed by atoms with van der Waals surface area (Å²) in [6.07, 6.45) is 0.296. The summed E-state index contributed by atoms with van der Waals surface area (Å²) in [5, 5.41) is 11.7. The van der Waals surface area contributed by atoms with Crippen molar-refractivity contribution in [1.82, 2.24) is 5.32 Å². The maximum Gasteiger partial charge on any atom is 0.326 e. The molecule has 1 rings (SSSR count). The Morgan fingerprint density at radius 2 is 2.06 bits per heavy atom. The van der Waals surface area contributed by atoms with Crippen molar-refractivity contribution in [2.45, 2.75) is 26.3 Å². The highest BCUT2D eigenvalue weighted by atomic mass is 127. The fraction of sp³-hybridized carbons (Fsp3) is 0.385. The Kier molecular flexibility index (Phi) is 5.58. The Balaban J connectivity index is 2.75. The van der Waals surface area contributed by atoms with E-state index in [0.717, 1.165) is 9.13 Å². The van der Waals surface area contributed by atoms with Gasteiger partial charge in [-0.05, 0) is 40.3 Å². The molecular formula is C13H16INO3. The molecule has 0 aromatic heterocycles. The number of hydrogen-bond donors (Lipinski definition) is 2. The van der Waals surface area contributed by atoms with Crippen molar-refractivity contribution < 1.29 is 14.7 Å². The van der Waals surface area contributed by atoms with E-state index in [1.54, 1.807) is 13.8 Å². The first-order valence-corrected chi connectivity index (χ1v) is 6.75. The van der Waals surface area contributed by atoms with Crippen molar-refractivity contribution >= 4 is 34.5 Å². The molecule has 1 amide bonds. The van der Waals surface area contributed by atoms with Gasteiger partial charge in [-0.25, -0.2) is 4.79 Å². The van der Waals surface area contributed by atoms with E-state index in [2.05, 4.69) is 27.9 Å². The molecule has 0 bridgehead atoms. The molecule has 0 fully saturated rings. The van der Waals surface area contributed by atoms with Crippen LogP contribution in [-0.2, 0) is 16.0 Å². The standard InChI is InChI=1S/C13H16INO3/c1-8(2)12(16)15-11(13(17)18)7-9-4-3-5-10(14)6-9/h3-6,8,11H,7H2,1-2H3,(H,15,16)(H,17,18)/t11-/m1/s1. The fourth-order valence-corrected chi connectivity index (χ4v) is 2.05. The first kappa shape index (κ1) is 14.9. The van der Waals surface area contributed by atoms with Crippen LogP contribution >= 0.6 is 22.6 Å². The zero-order chi connectivity index (χ0) is 13.7. The summed E-state index contributed by atoms with van der Waals surface area (Å²) in [7, 11) is 0. The predicted molar refractivity (Wildman–Crippen MR) is 77.3 cm³/mol. The van der Waals surface area contributed by atoms with Gasteiger partial charge in [0.2, 0.25) is 5.91 Å². The van der Waals surface area contributed by atoms with E-state index in [1.165, 1.54) is 0 Å². The summed E-state index contributed by atoms with van der Waals surface area (Å²) < 4.78 is 1.05. The van der Waals surface area contributed by atoms with Gasteiger partial charge in [-0.15, -0.1) is 0 Å². The summed E-state index contributed by atoms with van der Waals surface area (Å²) in [6, 6.07) is 6.71. The van der Waals surface area contributed by atoms with Crippen LogP contribution in [0.1, 0.15) is 19.4 Å². The van der Waals surface area contributed by atoms with Crippen molar-refractivity contribution in [3.05, 3.63) is 33.4 Å². The highest BCUT2D eigenvalue weighted by Gasteiger charge is 2.21. The van der Waals surface area contributed by atoms with E-state index in [1.807, 2.05) is 24.3 Å². The summed E-state index contributed by atoms with van der Waals surface area (Å²) in [5.74, 6) is -1.47. The molecule has 1 aromatic rings. The number of amides is 1. The summed E-state index contributed by atoms with van der Waals surface area (Å²) in [5.41, 5.74) is 0.901. The van der Waals surface area contributed by atoms with Gasteiger partial charge < -0.3 is 10.4 Å². The molecule has 1 aromatic carbocycles. The number of carboxylic acid groups (broad SMARTS) is 1. The van der Waals surface area contributed by atoms with Gasteiger partial charge in [0.05, 0.1) is 0 Å². The molecule has 0 aliphatic carbocycles. The van der Waals surface area contributed by atoms with Gasteiger partial charge in [0, 0.05) is 15.9 Å². The van der Waals surface area contributed by atoms with E-state index < -0.39 is 12.0 Å². The highest BCUT2D eigenvalue weighted by molar-refractivity contribution is 14.1. The molecule has 0 radical (unpaired) electrons. The minimum absolute atomic E-state index is 0.220. The van der Waals surface area contributed by atoms with Gasteiger partial charge in [-0.3, -0.25) is 4.79 Å². The molecule has 0 saturated heterocycles. The Bertz CT molecular complexity index is 446. The Labute approximate surface area is 120 Å². The molecule has 4 nitrogen and oxygen atoms in total. The average Bonchev–Trinajstić information content (AvgIpc) is 2.27. The molecule has 0 saturated carbocycles. The number of carbonyl (C=O) groups excluding carboxylic acids is 1. The van der Waals surface area contributed by atoms with Crippen molar-refractivity contribution in [3.63, 3.8) is 0 Å². The SMILES string of the molecule is CC(C)C(=O)N[C@H](Cc1cccc(I)c1)C(=O)O. The van der Waals surface area contributed by atoms with Gasteiger partial charge in [-0.1, -0.05) is 26.0 Å². The smallest absolute Gasteiger partial charge is 0.326 e. The lowest BCUT2D eigenvalue weighted by Crippen LogP contribution is -2.44. The van der Waals surface area contributed by atoms with Crippen LogP contribution in [0.4, 0.5) is 0 Å². The number of aliphatic carboxylic acids is 1. The molecule has 1 atom stereocenters. The summed E-state index contributed by atoms with van der Waals surface area (Å²) in [4.78, 5) is 22.7. The Morgan fingerprint density at radius 3 is 2.56 bits per heavy atom. The van der Waals surface area contributed by atoms with Gasteiger partial charge >= 0.3 is 5.97 Å². The molecule has 0 aliphatic heterocycles. The van der Waals surface area contributed by atoms with Crippen LogP contribution in [0.3, 0.4) is 0 Å². The Morgan fingerprint density at radius 1 is 1.39 bits per heavy atom. The van der Waals surface area contributed by atoms with Crippen molar-refractivity contribution in [2.24, 2.45) is 5.92 Å². The highest BCUT2D eigenvalue weighted by Crippen LogP contribution is 2.10. The van der Waals surface area contributed by atoms with Gasteiger partial charge in [0.1, 0.15) is 6.04 Å². The second-order valence-electron chi connectivity index (χ2n) is 4.39. The third-order valence-electron chi connectivity index (χ3n) is 2.47. The molecule has 98 valence electrons. The molecular weight excluding hydrogens is 345 g/mol. The lowest BCUT2D eigenvalue weighted by atomic mass is 10.1. The third-order valence-corrected chi connectivity index (χ3v) is 3.14. The van der Waals surface area contributed by atoms with Crippen LogP contribution in [0.5, 0.6) is 0 Å². The van der Waals surface area contributed by atoms with E-state index in [0.29, 0.717) is 6.42 Å². The number of rotatable bonds is 5. The van der Waals surface area contributed by atoms with Crippen LogP contribution in [0.25, 0.3) is 0 Å². The number of nitrogens with one attached hydrogen (secondary N) is 1. The maximum atomic E-state index is 11.5. The van der Waals surface area contributed by atoms with Crippen molar-refractivity contribution in [2.75, 3.05) is 0 Å². The zero-order valence-corrected chi connectivity index (χ0v) is 12.5. The number of carbonyl (C=O) groups is 2. The molecule has 0 spiro atoms. The number of halogens is 1. The third kappa shape index (κ3) is 4.64. The molecule has 2 N–H and O–H groups in total.